The van der Waals surface area contributed by atoms with Gasteiger partial charge in [0.05, 0.1) is 6.54 Å². The van der Waals surface area contributed by atoms with E-state index in [0.29, 0.717) is 12.3 Å². The molecule has 0 aromatic carbocycles. The average molecular weight is 320 g/mol. The maximum absolute atomic E-state index is 11.5. The Morgan fingerprint density at radius 1 is 1.20 bits per heavy atom. The Morgan fingerprint density at radius 3 is 2.65 bits per heavy atom. The van der Waals surface area contributed by atoms with E-state index < -0.39 is 10.0 Å². The minimum absolute atomic E-state index is 0.0335. The largest absolute Gasteiger partial charge is 0.447 e. The molecule has 20 heavy (non-hydrogen) atoms. The van der Waals surface area contributed by atoms with E-state index in [4.69, 9.17) is 4.42 Å². The van der Waals surface area contributed by atoms with Crippen LogP contribution in [-0.2, 0) is 16.6 Å². The number of rotatable bonds is 11. The Kier molecular flexibility index (Phi) is 8.28. The number of unbranched alkanes of at least 4 members (excludes halogenated alkanes) is 3. The summed E-state index contributed by atoms with van der Waals surface area (Å²) in [5.74, 6) is 1.88. The third-order valence-electron chi connectivity index (χ3n) is 2.92. The van der Waals surface area contributed by atoms with Gasteiger partial charge in [0.1, 0.15) is 5.76 Å². The van der Waals surface area contributed by atoms with E-state index >= 15 is 0 Å². The van der Waals surface area contributed by atoms with Gasteiger partial charge in [-0.3, -0.25) is 0 Å². The highest BCUT2D eigenvalue weighted by Crippen LogP contribution is 2.13. The molecule has 5 nitrogen and oxygen atoms in total. The zero-order valence-electron chi connectivity index (χ0n) is 12.1. The van der Waals surface area contributed by atoms with E-state index in [1.807, 2.05) is 11.8 Å². The van der Waals surface area contributed by atoms with Gasteiger partial charge in [0.2, 0.25) is 5.09 Å². The molecule has 0 aliphatic carbocycles. The number of hydrogen-bond donors (Lipinski definition) is 2. The fourth-order valence-corrected chi connectivity index (χ4v) is 2.92. The van der Waals surface area contributed by atoms with Crippen molar-refractivity contribution in [1.29, 1.82) is 0 Å². The highest BCUT2D eigenvalue weighted by molar-refractivity contribution is 7.98. The summed E-state index contributed by atoms with van der Waals surface area (Å²) in [6.07, 6.45) is 7.05. The van der Waals surface area contributed by atoms with Crippen LogP contribution >= 0.6 is 11.8 Å². The molecule has 116 valence electrons. The number of sulfonamides is 1. The molecule has 0 unspecified atom stereocenters. The van der Waals surface area contributed by atoms with Gasteiger partial charge >= 0.3 is 0 Å². The van der Waals surface area contributed by atoms with Gasteiger partial charge in [0.15, 0.2) is 0 Å². The molecular formula is C13H24N2O3S2. The maximum atomic E-state index is 11.5. The molecule has 1 aromatic rings. The molecule has 7 heteroatoms. The summed E-state index contributed by atoms with van der Waals surface area (Å²) in [5, 5.41) is 3.23. The van der Waals surface area contributed by atoms with Crippen molar-refractivity contribution < 1.29 is 12.8 Å². The maximum Gasteiger partial charge on any atom is 0.273 e. The third-order valence-corrected chi connectivity index (χ3v) is 4.91. The van der Waals surface area contributed by atoms with Gasteiger partial charge in [-0.2, -0.15) is 11.8 Å². The van der Waals surface area contributed by atoms with Crippen LogP contribution in [0.1, 0.15) is 31.4 Å². The van der Waals surface area contributed by atoms with E-state index in [0.717, 1.165) is 13.0 Å². The molecule has 1 heterocycles. The second-order valence-electron chi connectivity index (χ2n) is 4.51. The Labute approximate surface area is 125 Å². The standard InChI is InChI=1S/C13H24N2O3S2/c1-14-20(16,17)13-8-7-12(18-13)11-15-9-5-3-4-6-10-19-2/h7-8,14-15H,3-6,9-11H2,1-2H3. The van der Waals surface area contributed by atoms with Crippen molar-refractivity contribution in [3.05, 3.63) is 17.9 Å². The van der Waals surface area contributed by atoms with Gasteiger partial charge in [-0.1, -0.05) is 12.8 Å². The lowest BCUT2D eigenvalue weighted by Gasteiger charge is -2.03. The second kappa shape index (κ2) is 9.44. The van der Waals surface area contributed by atoms with Crippen LogP contribution < -0.4 is 10.0 Å². The molecule has 0 saturated heterocycles. The predicted molar refractivity (Wildman–Crippen MR) is 83.5 cm³/mol. The van der Waals surface area contributed by atoms with Crippen LogP contribution in [0.5, 0.6) is 0 Å². The Hall–Kier alpha value is -0.500. The number of nitrogens with one attached hydrogen (secondary N) is 2. The highest BCUT2D eigenvalue weighted by atomic mass is 32.2. The van der Waals surface area contributed by atoms with E-state index in [1.165, 1.54) is 38.1 Å². The summed E-state index contributed by atoms with van der Waals surface area (Å²) in [4.78, 5) is 0. The van der Waals surface area contributed by atoms with Crippen LogP contribution in [0.2, 0.25) is 0 Å². The molecule has 0 atom stereocenters. The number of hydrogen-bond acceptors (Lipinski definition) is 5. The Bertz CT molecular complexity index is 472. The summed E-state index contributed by atoms with van der Waals surface area (Å²) in [6.45, 7) is 1.48. The Balaban J connectivity index is 2.17. The van der Waals surface area contributed by atoms with Crippen molar-refractivity contribution in [3.8, 4) is 0 Å². The first-order valence-electron chi connectivity index (χ1n) is 6.82. The first-order valence-corrected chi connectivity index (χ1v) is 9.70. The fraction of sp³-hybridized carbons (Fsp3) is 0.692. The van der Waals surface area contributed by atoms with Crippen LogP contribution in [0.3, 0.4) is 0 Å². The molecular weight excluding hydrogens is 296 g/mol. The molecule has 2 N–H and O–H groups in total. The highest BCUT2D eigenvalue weighted by Gasteiger charge is 2.15. The lowest BCUT2D eigenvalue weighted by atomic mass is 10.2. The summed E-state index contributed by atoms with van der Waals surface area (Å²) < 4.78 is 30.5. The molecule has 0 bridgehead atoms. The smallest absolute Gasteiger partial charge is 0.273 e. The van der Waals surface area contributed by atoms with Gasteiger partial charge in [-0.05, 0) is 50.6 Å². The van der Waals surface area contributed by atoms with Crippen molar-refractivity contribution >= 4 is 21.8 Å². The molecule has 0 radical (unpaired) electrons. The van der Waals surface area contributed by atoms with E-state index in [9.17, 15) is 8.42 Å². The molecule has 1 rings (SSSR count). The van der Waals surface area contributed by atoms with E-state index in [2.05, 4.69) is 16.3 Å². The van der Waals surface area contributed by atoms with Crippen molar-refractivity contribution in [2.45, 2.75) is 37.3 Å². The first kappa shape index (κ1) is 17.6. The van der Waals surface area contributed by atoms with E-state index in [-0.39, 0.29) is 5.09 Å². The lowest BCUT2D eigenvalue weighted by molar-refractivity contribution is 0.399. The fourth-order valence-electron chi connectivity index (χ4n) is 1.76. The second-order valence-corrected chi connectivity index (χ2v) is 7.32. The van der Waals surface area contributed by atoms with Crippen molar-refractivity contribution in [2.24, 2.45) is 0 Å². The van der Waals surface area contributed by atoms with Crippen molar-refractivity contribution in [3.63, 3.8) is 0 Å². The minimum Gasteiger partial charge on any atom is -0.447 e. The monoisotopic (exact) mass is 320 g/mol. The Morgan fingerprint density at radius 2 is 1.95 bits per heavy atom. The van der Waals surface area contributed by atoms with Crippen LogP contribution in [0.15, 0.2) is 21.6 Å². The molecule has 0 aliphatic heterocycles. The normalized spacial score (nSPS) is 11.9. The minimum atomic E-state index is -3.47. The van der Waals surface area contributed by atoms with Gasteiger partial charge in [-0.15, -0.1) is 0 Å². The van der Waals surface area contributed by atoms with Gasteiger partial charge in [0.25, 0.3) is 10.0 Å². The van der Waals surface area contributed by atoms with Gasteiger partial charge < -0.3 is 9.73 Å². The van der Waals surface area contributed by atoms with E-state index in [1.54, 1.807) is 6.07 Å². The summed E-state index contributed by atoms with van der Waals surface area (Å²) in [6, 6.07) is 3.17. The molecule has 0 spiro atoms. The van der Waals surface area contributed by atoms with Crippen LogP contribution in [0.25, 0.3) is 0 Å². The average Bonchev–Trinajstić information content (AvgIpc) is 2.91. The SMILES string of the molecule is CNS(=O)(=O)c1ccc(CNCCCCCCSC)o1. The molecule has 0 amide bonds. The summed E-state index contributed by atoms with van der Waals surface area (Å²) in [7, 11) is -2.10. The zero-order chi connectivity index (χ0) is 14.8. The predicted octanol–water partition coefficient (Wildman–Crippen LogP) is 2.20. The number of thioether (sulfide) groups is 1. The van der Waals surface area contributed by atoms with Crippen molar-refractivity contribution in [1.82, 2.24) is 10.0 Å². The first-order chi connectivity index (χ1) is 9.60. The third kappa shape index (κ3) is 6.30. The van der Waals surface area contributed by atoms with Crippen LogP contribution in [0, 0.1) is 0 Å². The van der Waals surface area contributed by atoms with Crippen molar-refractivity contribution in [2.75, 3.05) is 25.6 Å². The van der Waals surface area contributed by atoms with Crippen LogP contribution in [-0.4, -0.2) is 34.0 Å². The lowest BCUT2D eigenvalue weighted by Crippen LogP contribution is -2.18. The number of furan rings is 1. The summed E-state index contributed by atoms with van der Waals surface area (Å²) in [5.41, 5.74) is 0. The molecule has 0 saturated carbocycles. The molecule has 0 fully saturated rings. The summed E-state index contributed by atoms with van der Waals surface area (Å²) >= 11 is 1.89. The van der Waals surface area contributed by atoms with Gasteiger partial charge in [0, 0.05) is 0 Å². The zero-order valence-corrected chi connectivity index (χ0v) is 13.8. The van der Waals surface area contributed by atoms with Gasteiger partial charge in [-0.25, -0.2) is 13.1 Å². The molecule has 1 aromatic heterocycles. The topological polar surface area (TPSA) is 71.3 Å². The van der Waals surface area contributed by atoms with Crippen LogP contribution in [0.4, 0.5) is 0 Å². The molecule has 0 aliphatic rings. The quantitative estimate of drug-likeness (QED) is 0.612.